The van der Waals surface area contributed by atoms with Crippen LogP contribution < -0.4 is 0 Å². The van der Waals surface area contributed by atoms with Crippen LogP contribution in [0.4, 0.5) is 0 Å². The van der Waals surface area contributed by atoms with Crippen molar-refractivity contribution in [1.82, 2.24) is 15.0 Å². The van der Waals surface area contributed by atoms with Gasteiger partial charge in [0, 0.05) is 16.7 Å². The van der Waals surface area contributed by atoms with Crippen LogP contribution >= 0.6 is 0 Å². The Morgan fingerprint density at radius 2 is 0.745 bits per heavy atom. The van der Waals surface area contributed by atoms with Gasteiger partial charge < -0.3 is 0 Å². The summed E-state index contributed by atoms with van der Waals surface area (Å²) in [5.74, 6) is 1.96. The van der Waals surface area contributed by atoms with Crippen LogP contribution in [0.2, 0.25) is 0 Å². The SMILES string of the molecule is Cc1ccc(C2(c3ccc(C)cc3)c3ccccc3-c3ccc(-c4ccc(-c5nc(-c6ccccc6)nc(-c6ccccc6)n5)cc4)cc32)cc1. The zero-order valence-electron chi connectivity index (χ0n) is 28.6. The maximum Gasteiger partial charge on any atom is 0.164 e. The van der Waals surface area contributed by atoms with Crippen molar-refractivity contribution in [3.05, 3.63) is 209 Å². The fourth-order valence-electron chi connectivity index (χ4n) is 7.60. The van der Waals surface area contributed by atoms with Gasteiger partial charge in [0.1, 0.15) is 0 Å². The molecule has 7 aromatic carbocycles. The van der Waals surface area contributed by atoms with E-state index in [1.165, 1.54) is 50.1 Å². The van der Waals surface area contributed by atoms with Crippen molar-refractivity contribution in [3.8, 4) is 56.4 Å². The van der Waals surface area contributed by atoms with Gasteiger partial charge in [0.15, 0.2) is 17.5 Å². The summed E-state index contributed by atoms with van der Waals surface area (Å²) in [5.41, 5.74) is 14.9. The number of fused-ring (bicyclic) bond motifs is 3. The fraction of sp³-hybridized carbons (Fsp3) is 0.0625. The molecule has 0 amide bonds. The first kappa shape index (κ1) is 30.6. The molecule has 0 radical (unpaired) electrons. The van der Waals surface area contributed by atoms with Gasteiger partial charge in [-0.1, -0.05) is 181 Å². The van der Waals surface area contributed by atoms with Crippen LogP contribution in [-0.4, -0.2) is 15.0 Å². The van der Waals surface area contributed by atoms with Gasteiger partial charge in [-0.3, -0.25) is 0 Å². The molecule has 242 valence electrons. The molecule has 3 heteroatoms. The molecule has 0 saturated heterocycles. The number of nitrogens with zero attached hydrogens (tertiary/aromatic N) is 3. The lowest BCUT2D eigenvalue weighted by molar-refractivity contribution is 0.768. The molecule has 0 aliphatic heterocycles. The maximum atomic E-state index is 4.95. The monoisotopic (exact) mass is 653 g/mol. The van der Waals surface area contributed by atoms with Crippen LogP contribution in [0.15, 0.2) is 176 Å². The van der Waals surface area contributed by atoms with Gasteiger partial charge >= 0.3 is 0 Å². The summed E-state index contributed by atoms with van der Waals surface area (Å²) in [6.07, 6.45) is 0. The number of aromatic nitrogens is 3. The molecule has 0 unspecified atom stereocenters. The number of hydrogen-bond acceptors (Lipinski definition) is 3. The highest BCUT2D eigenvalue weighted by molar-refractivity contribution is 5.88. The molecule has 1 heterocycles. The molecule has 51 heavy (non-hydrogen) atoms. The van der Waals surface area contributed by atoms with E-state index < -0.39 is 5.41 Å². The highest BCUT2D eigenvalue weighted by Crippen LogP contribution is 2.56. The van der Waals surface area contributed by atoms with E-state index in [1.54, 1.807) is 0 Å². The van der Waals surface area contributed by atoms with Crippen molar-refractivity contribution in [2.24, 2.45) is 0 Å². The Bertz CT molecular complexity index is 2400. The molecule has 0 bridgehead atoms. The van der Waals surface area contributed by atoms with E-state index in [2.05, 4.69) is 129 Å². The van der Waals surface area contributed by atoms with E-state index in [-0.39, 0.29) is 0 Å². The van der Waals surface area contributed by atoms with Crippen molar-refractivity contribution in [1.29, 1.82) is 0 Å². The predicted molar refractivity (Wildman–Crippen MR) is 208 cm³/mol. The molecule has 0 spiro atoms. The van der Waals surface area contributed by atoms with E-state index >= 15 is 0 Å². The average molecular weight is 654 g/mol. The first-order chi connectivity index (χ1) is 25.1. The van der Waals surface area contributed by atoms with Gasteiger partial charge in [-0.2, -0.15) is 0 Å². The minimum atomic E-state index is -0.449. The van der Waals surface area contributed by atoms with Crippen molar-refractivity contribution in [3.63, 3.8) is 0 Å². The molecule has 0 N–H and O–H groups in total. The fourth-order valence-corrected chi connectivity index (χ4v) is 7.60. The van der Waals surface area contributed by atoms with Crippen LogP contribution in [-0.2, 0) is 5.41 Å². The summed E-state index contributed by atoms with van der Waals surface area (Å²) in [6.45, 7) is 4.31. The van der Waals surface area contributed by atoms with Gasteiger partial charge in [0.05, 0.1) is 5.41 Å². The van der Waals surface area contributed by atoms with Crippen molar-refractivity contribution in [2.45, 2.75) is 19.3 Å². The first-order valence-corrected chi connectivity index (χ1v) is 17.4. The van der Waals surface area contributed by atoms with E-state index in [0.717, 1.165) is 22.3 Å². The van der Waals surface area contributed by atoms with E-state index in [1.807, 2.05) is 60.7 Å². The predicted octanol–water partition coefficient (Wildman–Crippen LogP) is 11.5. The molecule has 9 rings (SSSR count). The third-order valence-electron chi connectivity index (χ3n) is 10.2. The van der Waals surface area contributed by atoms with Crippen LogP contribution in [0, 0.1) is 13.8 Å². The third-order valence-corrected chi connectivity index (χ3v) is 10.2. The van der Waals surface area contributed by atoms with Crippen LogP contribution in [0.5, 0.6) is 0 Å². The number of hydrogen-bond donors (Lipinski definition) is 0. The van der Waals surface area contributed by atoms with Gasteiger partial charge in [-0.15, -0.1) is 0 Å². The van der Waals surface area contributed by atoms with E-state index in [0.29, 0.717) is 17.5 Å². The Morgan fingerprint density at radius 3 is 1.27 bits per heavy atom. The lowest BCUT2D eigenvalue weighted by Crippen LogP contribution is -2.28. The Morgan fingerprint density at radius 1 is 0.333 bits per heavy atom. The molecule has 0 atom stereocenters. The van der Waals surface area contributed by atoms with Gasteiger partial charge in [0.25, 0.3) is 0 Å². The van der Waals surface area contributed by atoms with Crippen LogP contribution in [0.3, 0.4) is 0 Å². The number of aryl methyl sites for hydroxylation is 2. The van der Waals surface area contributed by atoms with Crippen molar-refractivity contribution >= 4 is 0 Å². The minimum absolute atomic E-state index is 0.449. The van der Waals surface area contributed by atoms with Crippen LogP contribution in [0.1, 0.15) is 33.4 Å². The molecule has 8 aromatic rings. The second-order valence-corrected chi connectivity index (χ2v) is 13.4. The lowest BCUT2D eigenvalue weighted by atomic mass is 9.67. The molecule has 0 saturated carbocycles. The molecule has 1 aliphatic rings. The standard InChI is InChI=1S/C48H35N3/c1-32-17-26-39(27-18-32)48(40-28-19-33(2)20-29-40)43-16-10-9-15-41(43)42-30-25-38(31-44(42)48)34-21-23-37(24-22-34)47-50-45(35-11-5-3-6-12-35)49-46(51-47)36-13-7-4-8-14-36/h3-31H,1-2H3. The third kappa shape index (κ3) is 5.26. The van der Waals surface area contributed by atoms with Gasteiger partial charge in [0.2, 0.25) is 0 Å². The number of benzene rings is 7. The summed E-state index contributed by atoms with van der Waals surface area (Å²) >= 11 is 0. The van der Waals surface area contributed by atoms with Gasteiger partial charge in [-0.25, -0.2) is 15.0 Å². The van der Waals surface area contributed by atoms with Crippen molar-refractivity contribution < 1.29 is 0 Å². The summed E-state index contributed by atoms with van der Waals surface area (Å²) in [4.78, 5) is 14.8. The Hall–Kier alpha value is -6.45. The smallest absolute Gasteiger partial charge is 0.164 e. The molecule has 1 aromatic heterocycles. The molecule has 0 fully saturated rings. The van der Waals surface area contributed by atoms with Crippen LogP contribution in [0.25, 0.3) is 56.4 Å². The Balaban J connectivity index is 1.17. The topological polar surface area (TPSA) is 38.7 Å². The maximum absolute atomic E-state index is 4.95. The second kappa shape index (κ2) is 12.5. The zero-order valence-corrected chi connectivity index (χ0v) is 28.6. The summed E-state index contributed by atoms with van der Waals surface area (Å²) in [7, 11) is 0. The van der Waals surface area contributed by atoms with Crippen molar-refractivity contribution in [2.75, 3.05) is 0 Å². The molecular formula is C48H35N3. The van der Waals surface area contributed by atoms with Gasteiger partial charge in [-0.05, 0) is 64.4 Å². The Kier molecular flexibility index (Phi) is 7.48. The Labute approximate surface area is 299 Å². The van der Waals surface area contributed by atoms with E-state index in [4.69, 9.17) is 15.0 Å². The minimum Gasteiger partial charge on any atom is -0.208 e. The first-order valence-electron chi connectivity index (χ1n) is 17.4. The molecule has 1 aliphatic carbocycles. The highest BCUT2D eigenvalue weighted by Gasteiger charge is 2.46. The zero-order chi connectivity index (χ0) is 34.4. The molecule has 3 nitrogen and oxygen atoms in total. The lowest BCUT2D eigenvalue weighted by Gasteiger charge is -2.34. The summed E-state index contributed by atoms with van der Waals surface area (Å²) in [5, 5.41) is 0. The average Bonchev–Trinajstić information content (AvgIpc) is 3.49. The molecular weight excluding hydrogens is 619 g/mol. The summed E-state index contributed by atoms with van der Waals surface area (Å²) < 4.78 is 0. The van der Waals surface area contributed by atoms with E-state index in [9.17, 15) is 0 Å². The number of rotatable bonds is 6. The summed E-state index contributed by atoms with van der Waals surface area (Å²) in [6, 6.07) is 62.9. The normalized spacial score (nSPS) is 12.7. The quantitative estimate of drug-likeness (QED) is 0.179. The second-order valence-electron chi connectivity index (χ2n) is 13.4. The largest absolute Gasteiger partial charge is 0.208 e. The highest BCUT2D eigenvalue weighted by atomic mass is 15.0.